The van der Waals surface area contributed by atoms with E-state index in [0.29, 0.717) is 33.9 Å². The molecule has 3 rings (SSSR count). The van der Waals surface area contributed by atoms with E-state index in [-0.39, 0.29) is 5.91 Å². The number of benzene rings is 2. The molecule has 0 aliphatic carbocycles. The Morgan fingerprint density at radius 3 is 2.46 bits per heavy atom. The van der Waals surface area contributed by atoms with Crippen molar-refractivity contribution in [3.8, 4) is 11.5 Å². The Morgan fingerprint density at radius 2 is 1.82 bits per heavy atom. The van der Waals surface area contributed by atoms with E-state index < -0.39 is 0 Å². The quantitative estimate of drug-likeness (QED) is 0.378. The van der Waals surface area contributed by atoms with Gasteiger partial charge in [-0.25, -0.2) is 0 Å². The molecule has 2 aromatic rings. The van der Waals surface area contributed by atoms with Crippen molar-refractivity contribution in [2.75, 3.05) is 18.1 Å². The number of aryl methyl sites for hydroxylation is 1. The fourth-order valence-electron chi connectivity index (χ4n) is 2.75. The smallest absolute Gasteiger partial charge is 0.270 e. The number of rotatable bonds is 6. The molecule has 0 bridgehead atoms. The van der Waals surface area contributed by atoms with Crippen molar-refractivity contribution < 1.29 is 14.3 Å². The van der Waals surface area contributed by atoms with E-state index in [4.69, 9.17) is 21.7 Å². The van der Waals surface area contributed by atoms with Crippen LogP contribution in [-0.4, -0.2) is 23.4 Å². The Labute approximate surface area is 183 Å². The molecule has 1 heterocycles. The highest BCUT2D eigenvalue weighted by molar-refractivity contribution is 9.10. The van der Waals surface area contributed by atoms with Gasteiger partial charge in [0, 0.05) is 0 Å². The van der Waals surface area contributed by atoms with E-state index in [0.717, 1.165) is 21.3 Å². The van der Waals surface area contributed by atoms with Crippen molar-refractivity contribution in [3.63, 3.8) is 0 Å². The first-order chi connectivity index (χ1) is 13.4. The van der Waals surface area contributed by atoms with E-state index in [9.17, 15) is 4.79 Å². The third kappa shape index (κ3) is 4.42. The van der Waals surface area contributed by atoms with E-state index in [1.165, 1.54) is 11.8 Å². The van der Waals surface area contributed by atoms with Gasteiger partial charge in [0.15, 0.2) is 15.8 Å². The summed E-state index contributed by atoms with van der Waals surface area (Å²) >= 11 is 10.3. The summed E-state index contributed by atoms with van der Waals surface area (Å²) in [6, 6.07) is 11.5. The van der Waals surface area contributed by atoms with Gasteiger partial charge in [0.25, 0.3) is 5.91 Å². The molecule has 2 aromatic carbocycles. The first-order valence-electron chi connectivity index (χ1n) is 8.88. The van der Waals surface area contributed by atoms with Gasteiger partial charge in [-0.1, -0.05) is 41.7 Å². The van der Waals surface area contributed by atoms with Gasteiger partial charge in [-0.2, -0.15) is 0 Å². The van der Waals surface area contributed by atoms with Crippen LogP contribution in [0.1, 0.15) is 25.0 Å². The number of hydrogen-bond donors (Lipinski definition) is 0. The summed E-state index contributed by atoms with van der Waals surface area (Å²) in [6.45, 7) is 6.90. The number of amides is 1. The zero-order valence-electron chi connectivity index (χ0n) is 15.8. The molecule has 1 fully saturated rings. The van der Waals surface area contributed by atoms with Crippen molar-refractivity contribution in [2.24, 2.45) is 0 Å². The van der Waals surface area contributed by atoms with Crippen LogP contribution in [0.2, 0.25) is 0 Å². The second-order valence-electron chi connectivity index (χ2n) is 6.05. The van der Waals surface area contributed by atoms with E-state index in [2.05, 4.69) is 15.9 Å². The predicted octanol–water partition coefficient (Wildman–Crippen LogP) is 5.96. The molecule has 1 aliphatic heterocycles. The lowest BCUT2D eigenvalue weighted by atomic mass is 10.1. The fraction of sp³-hybridized carbons (Fsp3) is 0.238. The summed E-state index contributed by atoms with van der Waals surface area (Å²) in [6.07, 6.45) is 1.83. The van der Waals surface area contributed by atoms with E-state index in [1.807, 2.05) is 63.2 Å². The second-order valence-corrected chi connectivity index (χ2v) is 8.58. The fourth-order valence-corrected chi connectivity index (χ4v) is 4.63. The maximum atomic E-state index is 13.0. The maximum absolute atomic E-state index is 13.0. The van der Waals surface area contributed by atoms with Crippen LogP contribution in [0, 0.1) is 6.92 Å². The molecule has 0 radical (unpaired) electrons. The lowest BCUT2D eigenvalue weighted by molar-refractivity contribution is -0.113. The van der Waals surface area contributed by atoms with E-state index >= 15 is 0 Å². The number of anilines is 1. The third-order valence-corrected chi connectivity index (χ3v) is 5.90. The molecule has 4 nitrogen and oxygen atoms in total. The normalized spacial score (nSPS) is 15.4. The van der Waals surface area contributed by atoms with Crippen molar-refractivity contribution in [2.45, 2.75) is 20.8 Å². The third-order valence-electron chi connectivity index (χ3n) is 4.00. The molecule has 0 atom stereocenters. The Balaban J connectivity index is 1.94. The summed E-state index contributed by atoms with van der Waals surface area (Å²) in [5.74, 6) is 1.18. The van der Waals surface area contributed by atoms with Crippen molar-refractivity contribution >= 4 is 61.9 Å². The van der Waals surface area contributed by atoms with Crippen LogP contribution >= 0.6 is 39.9 Å². The molecule has 146 valence electrons. The average Bonchev–Trinajstić information content (AvgIpc) is 2.93. The van der Waals surface area contributed by atoms with Crippen LogP contribution in [0.3, 0.4) is 0 Å². The highest BCUT2D eigenvalue weighted by Gasteiger charge is 2.33. The zero-order chi connectivity index (χ0) is 20.3. The molecule has 28 heavy (non-hydrogen) atoms. The zero-order valence-corrected chi connectivity index (χ0v) is 19.0. The Morgan fingerprint density at radius 1 is 1.14 bits per heavy atom. The summed E-state index contributed by atoms with van der Waals surface area (Å²) in [4.78, 5) is 15.1. The Bertz CT molecular complexity index is 941. The molecule has 0 saturated carbocycles. The van der Waals surface area contributed by atoms with Gasteiger partial charge in [-0.15, -0.1) is 0 Å². The monoisotopic (exact) mass is 477 g/mol. The van der Waals surface area contributed by atoms with Gasteiger partial charge >= 0.3 is 0 Å². The SMILES string of the molecule is CCOc1cc(/C=C2\SC(=S)N(c3ccc(C)cc3)C2=O)cc(Br)c1OCC. The maximum Gasteiger partial charge on any atom is 0.270 e. The summed E-state index contributed by atoms with van der Waals surface area (Å²) in [5, 5.41) is 0. The van der Waals surface area contributed by atoms with Gasteiger partial charge in [-0.05, 0) is 72.6 Å². The highest BCUT2D eigenvalue weighted by atomic mass is 79.9. The molecule has 0 aromatic heterocycles. The van der Waals surface area contributed by atoms with E-state index in [1.54, 1.807) is 4.90 Å². The molecular formula is C21H20BrNO3S2. The van der Waals surface area contributed by atoms with Crippen LogP contribution < -0.4 is 14.4 Å². The first-order valence-corrected chi connectivity index (χ1v) is 10.9. The van der Waals surface area contributed by atoms with Crippen LogP contribution in [0.25, 0.3) is 6.08 Å². The first kappa shape index (κ1) is 20.9. The minimum Gasteiger partial charge on any atom is -0.490 e. The average molecular weight is 478 g/mol. The van der Waals surface area contributed by atoms with Crippen molar-refractivity contribution in [1.29, 1.82) is 0 Å². The van der Waals surface area contributed by atoms with Gasteiger partial charge in [0.05, 0.1) is 28.3 Å². The molecule has 1 saturated heterocycles. The second kappa shape index (κ2) is 9.11. The Kier molecular flexibility index (Phi) is 6.80. The van der Waals surface area contributed by atoms with Crippen LogP contribution in [0.15, 0.2) is 45.8 Å². The number of thiocarbonyl (C=S) groups is 1. The molecule has 0 spiro atoms. The molecule has 1 amide bonds. The minimum absolute atomic E-state index is 0.123. The number of carbonyl (C=O) groups is 1. The largest absolute Gasteiger partial charge is 0.490 e. The number of nitrogens with zero attached hydrogens (tertiary/aromatic N) is 1. The molecule has 0 unspecified atom stereocenters. The Hall–Kier alpha value is -1.83. The van der Waals surface area contributed by atoms with Crippen LogP contribution in [-0.2, 0) is 4.79 Å². The van der Waals surface area contributed by atoms with Crippen molar-refractivity contribution in [3.05, 3.63) is 56.9 Å². The van der Waals surface area contributed by atoms with Gasteiger partial charge < -0.3 is 9.47 Å². The molecular weight excluding hydrogens is 458 g/mol. The molecule has 7 heteroatoms. The topological polar surface area (TPSA) is 38.8 Å². The number of halogens is 1. The van der Waals surface area contributed by atoms with Crippen molar-refractivity contribution in [1.82, 2.24) is 0 Å². The van der Waals surface area contributed by atoms with Gasteiger partial charge in [-0.3, -0.25) is 9.69 Å². The summed E-state index contributed by atoms with van der Waals surface area (Å²) in [5.41, 5.74) is 2.75. The lowest BCUT2D eigenvalue weighted by Gasteiger charge is -2.14. The van der Waals surface area contributed by atoms with Gasteiger partial charge in [0.1, 0.15) is 0 Å². The predicted molar refractivity (Wildman–Crippen MR) is 123 cm³/mol. The summed E-state index contributed by atoms with van der Waals surface area (Å²) in [7, 11) is 0. The summed E-state index contributed by atoms with van der Waals surface area (Å²) < 4.78 is 12.7. The van der Waals surface area contributed by atoms with Crippen LogP contribution in [0.4, 0.5) is 5.69 Å². The lowest BCUT2D eigenvalue weighted by Crippen LogP contribution is -2.27. The highest BCUT2D eigenvalue weighted by Crippen LogP contribution is 2.40. The molecule has 0 N–H and O–H groups in total. The minimum atomic E-state index is -0.123. The van der Waals surface area contributed by atoms with Gasteiger partial charge in [0.2, 0.25) is 0 Å². The number of thioether (sulfide) groups is 1. The molecule has 1 aliphatic rings. The van der Waals surface area contributed by atoms with Crippen LogP contribution in [0.5, 0.6) is 11.5 Å². The number of ether oxygens (including phenoxy) is 2. The number of carbonyl (C=O) groups excluding carboxylic acids is 1. The standard InChI is InChI=1S/C21H20BrNO3S2/c1-4-25-17-11-14(10-16(22)19(17)26-5-2)12-18-20(24)23(21(27)28-18)15-8-6-13(3)7-9-15/h6-12H,4-5H2,1-3H3/b18-12-. The number of hydrogen-bond acceptors (Lipinski definition) is 5.